The second kappa shape index (κ2) is 4.67. The molecule has 0 atom stereocenters. The van der Waals surface area contributed by atoms with Gasteiger partial charge in [-0.2, -0.15) is 0 Å². The quantitative estimate of drug-likeness (QED) is 0.543. The molecule has 0 fully saturated rings. The highest BCUT2D eigenvalue weighted by molar-refractivity contribution is 5.86. The molecule has 0 aliphatic heterocycles. The molecule has 0 amide bonds. The third kappa shape index (κ3) is 2.08. The van der Waals surface area contributed by atoms with Gasteiger partial charge in [-0.25, -0.2) is 4.98 Å². The molecule has 8 heteroatoms. The minimum atomic E-state index is -0.507. The molecule has 0 bridgehead atoms. The Labute approximate surface area is 117 Å². The zero-order valence-corrected chi connectivity index (χ0v) is 10.5. The Hall–Kier alpha value is -3.29. The van der Waals surface area contributed by atoms with Crippen LogP contribution in [0.15, 0.2) is 48.8 Å². The van der Waals surface area contributed by atoms with Crippen LogP contribution in [0.3, 0.4) is 0 Å². The molecular formula is C13H8N4O4. The summed E-state index contributed by atoms with van der Waals surface area (Å²) in [5.74, 6) is 0. The highest BCUT2D eigenvalue weighted by atomic mass is 16.6. The van der Waals surface area contributed by atoms with Crippen LogP contribution in [0, 0.1) is 20.2 Å². The Bertz CT molecular complexity index is 871. The fourth-order valence-electron chi connectivity index (χ4n) is 2.13. The van der Waals surface area contributed by atoms with E-state index in [1.54, 1.807) is 28.8 Å². The number of benzene rings is 2. The second-order valence-corrected chi connectivity index (χ2v) is 4.29. The van der Waals surface area contributed by atoms with Crippen LogP contribution in [0.1, 0.15) is 0 Å². The van der Waals surface area contributed by atoms with Crippen molar-refractivity contribution in [3.05, 3.63) is 69.0 Å². The lowest BCUT2D eigenvalue weighted by atomic mass is 10.2. The van der Waals surface area contributed by atoms with Crippen molar-refractivity contribution in [2.24, 2.45) is 0 Å². The van der Waals surface area contributed by atoms with E-state index in [4.69, 9.17) is 0 Å². The largest absolute Gasteiger partial charge is 0.298 e. The van der Waals surface area contributed by atoms with E-state index in [1.807, 2.05) is 0 Å². The van der Waals surface area contributed by atoms with Crippen molar-refractivity contribution < 1.29 is 9.85 Å². The second-order valence-electron chi connectivity index (χ2n) is 4.29. The first kappa shape index (κ1) is 12.7. The van der Waals surface area contributed by atoms with Gasteiger partial charge in [0.1, 0.15) is 6.33 Å². The fourth-order valence-corrected chi connectivity index (χ4v) is 2.13. The lowest BCUT2D eigenvalue weighted by Gasteiger charge is -2.03. The van der Waals surface area contributed by atoms with Crippen LogP contribution in [0.25, 0.3) is 16.7 Å². The number of nitrogens with zero attached hydrogens (tertiary/aromatic N) is 4. The summed E-state index contributed by atoms with van der Waals surface area (Å²) in [4.78, 5) is 24.8. The summed E-state index contributed by atoms with van der Waals surface area (Å²) in [5.41, 5.74) is 1.13. The molecule has 0 saturated heterocycles. The van der Waals surface area contributed by atoms with Gasteiger partial charge in [-0.3, -0.25) is 24.8 Å². The molecule has 0 saturated carbocycles. The first-order valence-corrected chi connectivity index (χ1v) is 5.93. The number of aromatic nitrogens is 2. The molecule has 0 radical (unpaired) electrons. The zero-order chi connectivity index (χ0) is 15.0. The van der Waals surface area contributed by atoms with E-state index >= 15 is 0 Å². The number of hydrogen-bond acceptors (Lipinski definition) is 5. The number of rotatable bonds is 3. The van der Waals surface area contributed by atoms with E-state index in [9.17, 15) is 20.2 Å². The molecule has 0 aliphatic rings. The maximum Gasteiger partial charge on any atom is 0.297 e. The maximum absolute atomic E-state index is 11.0. The third-order valence-electron chi connectivity index (χ3n) is 3.07. The van der Waals surface area contributed by atoms with Crippen LogP contribution in [0.5, 0.6) is 0 Å². The molecule has 2 aromatic carbocycles. The van der Waals surface area contributed by atoms with E-state index in [-0.39, 0.29) is 16.9 Å². The normalized spacial score (nSPS) is 10.7. The number of para-hydroxylation sites is 1. The summed E-state index contributed by atoms with van der Waals surface area (Å²) in [6, 6.07) is 10.6. The molecule has 1 heterocycles. The maximum atomic E-state index is 11.0. The molecular weight excluding hydrogens is 276 g/mol. The van der Waals surface area contributed by atoms with Gasteiger partial charge in [0.15, 0.2) is 5.52 Å². The average molecular weight is 284 g/mol. The molecule has 0 unspecified atom stereocenters. The summed E-state index contributed by atoms with van der Waals surface area (Å²) in [5, 5.41) is 21.8. The number of nitro benzene ring substituents is 2. The molecule has 0 spiro atoms. The molecule has 104 valence electrons. The summed E-state index contributed by atoms with van der Waals surface area (Å²) in [6.07, 6.45) is 1.41. The smallest absolute Gasteiger partial charge is 0.297 e. The van der Waals surface area contributed by atoms with Crippen LogP contribution < -0.4 is 0 Å². The predicted octanol–water partition coefficient (Wildman–Crippen LogP) is 2.84. The Morgan fingerprint density at radius 1 is 1.00 bits per heavy atom. The third-order valence-corrected chi connectivity index (χ3v) is 3.07. The number of non-ortho nitro benzene ring substituents is 2. The highest BCUT2D eigenvalue weighted by Crippen LogP contribution is 2.27. The minimum absolute atomic E-state index is 0.0558. The zero-order valence-electron chi connectivity index (χ0n) is 10.5. The summed E-state index contributed by atoms with van der Waals surface area (Å²) < 4.78 is 1.58. The van der Waals surface area contributed by atoms with E-state index in [0.29, 0.717) is 11.2 Å². The van der Waals surface area contributed by atoms with Crippen molar-refractivity contribution >= 4 is 22.4 Å². The van der Waals surface area contributed by atoms with Gasteiger partial charge in [-0.05, 0) is 12.1 Å². The number of imidazole rings is 1. The summed E-state index contributed by atoms with van der Waals surface area (Å²) >= 11 is 0. The first-order chi connectivity index (χ1) is 10.1. The van der Waals surface area contributed by atoms with Gasteiger partial charge in [0, 0.05) is 18.2 Å². The Kier molecular flexibility index (Phi) is 2.83. The molecule has 3 aromatic rings. The molecule has 1 aromatic heterocycles. The molecule has 8 nitrogen and oxygen atoms in total. The number of fused-ring (bicyclic) bond motifs is 1. The van der Waals surface area contributed by atoms with E-state index in [0.717, 1.165) is 0 Å². The summed E-state index contributed by atoms with van der Waals surface area (Å²) in [7, 11) is 0. The van der Waals surface area contributed by atoms with Gasteiger partial charge < -0.3 is 0 Å². The Morgan fingerprint density at radius 3 is 2.48 bits per heavy atom. The highest BCUT2D eigenvalue weighted by Gasteiger charge is 2.16. The monoisotopic (exact) mass is 284 g/mol. The van der Waals surface area contributed by atoms with E-state index < -0.39 is 9.85 Å². The first-order valence-electron chi connectivity index (χ1n) is 5.93. The number of nitro groups is 2. The van der Waals surface area contributed by atoms with Crippen LogP contribution in [-0.2, 0) is 0 Å². The van der Waals surface area contributed by atoms with Crippen LogP contribution >= 0.6 is 0 Å². The number of hydrogen-bond donors (Lipinski definition) is 0. The van der Waals surface area contributed by atoms with Gasteiger partial charge in [0.2, 0.25) is 0 Å². The van der Waals surface area contributed by atoms with Gasteiger partial charge in [0.25, 0.3) is 11.4 Å². The van der Waals surface area contributed by atoms with Gasteiger partial charge in [0.05, 0.1) is 21.1 Å². The Morgan fingerprint density at radius 2 is 1.76 bits per heavy atom. The molecule has 0 N–H and O–H groups in total. The lowest BCUT2D eigenvalue weighted by Crippen LogP contribution is -1.95. The van der Waals surface area contributed by atoms with Crippen molar-refractivity contribution in [1.29, 1.82) is 0 Å². The van der Waals surface area contributed by atoms with Crippen molar-refractivity contribution in [2.75, 3.05) is 0 Å². The van der Waals surface area contributed by atoms with E-state index in [1.165, 1.54) is 24.5 Å². The van der Waals surface area contributed by atoms with Crippen molar-refractivity contribution in [2.45, 2.75) is 0 Å². The fraction of sp³-hybridized carbons (Fsp3) is 0. The van der Waals surface area contributed by atoms with Gasteiger partial charge >= 0.3 is 0 Å². The predicted molar refractivity (Wildman–Crippen MR) is 74.4 cm³/mol. The van der Waals surface area contributed by atoms with Crippen LogP contribution in [0.2, 0.25) is 0 Å². The molecule has 21 heavy (non-hydrogen) atoms. The van der Waals surface area contributed by atoms with Gasteiger partial charge in [-0.1, -0.05) is 12.1 Å². The van der Waals surface area contributed by atoms with E-state index in [2.05, 4.69) is 4.98 Å². The SMILES string of the molecule is O=[N+]([O-])c1cccc(-n2cnc3c([N+](=O)[O-])cccc32)c1. The minimum Gasteiger partial charge on any atom is -0.298 e. The van der Waals surface area contributed by atoms with Crippen molar-refractivity contribution in [1.82, 2.24) is 9.55 Å². The average Bonchev–Trinajstić information content (AvgIpc) is 2.91. The van der Waals surface area contributed by atoms with Crippen LogP contribution in [0.4, 0.5) is 11.4 Å². The Balaban J connectivity index is 2.22. The van der Waals surface area contributed by atoms with Crippen molar-refractivity contribution in [3.63, 3.8) is 0 Å². The van der Waals surface area contributed by atoms with Crippen molar-refractivity contribution in [3.8, 4) is 5.69 Å². The summed E-state index contributed by atoms with van der Waals surface area (Å²) in [6.45, 7) is 0. The standard InChI is InChI=1S/C13H8N4O4/c18-16(19)10-4-1-3-9(7-10)15-8-14-13-11(15)5-2-6-12(13)17(20)21/h1-8H. The molecule has 0 aliphatic carbocycles. The topological polar surface area (TPSA) is 104 Å². The lowest BCUT2D eigenvalue weighted by molar-refractivity contribution is -0.384. The van der Waals surface area contributed by atoms with Crippen LogP contribution in [-0.4, -0.2) is 19.4 Å². The molecule has 3 rings (SSSR count). The van der Waals surface area contributed by atoms with Gasteiger partial charge in [-0.15, -0.1) is 0 Å².